The minimum Gasteiger partial charge on any atom is -0.507 e. The Labute approximate surface area is 117 Å². The molecule has 0 aliphatic carbocycles. The highest BCUT2D eigenvalue weighted by atomic mass is 16.4. The smallest absolute Gasteiger partial charge is 0.326 e. The van der Waals surface area contributed by atoms with Crippen LogP contribution in [0.3, 0.4) is 0 Å². The summed E-state index contributed by atoms with van der Waals surface area (Å²) < 4.78 is 0. The number of para-hydroxylation sites is 1. The summed E-state index contributed by atoms with van der Waals surface area (Å²) in [5.41, 5.74) is 0.161. The summed E-state index contributed by atoms with van der Waals surface area (Å²) in [6, 6.07) is 5.43. The Hall–Kier alpha value is -2.04. The number of likely N-dealkylation sites (tertiary alicyclic amines) is 1. The molecule has 1 heterocycles. The van der Waals surface area contributed by atoms with Gasteiger partial charge in [0.05, 0.1) is 5.56 Å². The van der Waals surface area contributed by atoms with Gasteiger partial charge in [-0.25, -0.2) is 4.79 Å². The fourth-order valence-electron chi connectivity index (χ4n) is 2.70. The maximum atomic E-state index is 12.4. The molecule has 2 unspecified atom stereocenters. The van der Waals surface area contributed by atoms with E-state index >= 15 is 0 Å². The second-order valence-electron chi connectivity index (χ2n) is 5.17. The predicted molar refractivity (Wildman–Crippen MR) is 73.6 cm³/mol. The molecular formula is C15H19NO4. The summed E-state index contributed by atoms with van der Waals surface area (Å²) in [4.78, 5) is 25.2. The monoisotopic (exact) mass is 277 g/mol. The van der Waals surface area contributed by atoms with Gasteiger partial charge in [0.2, 0.25) is 0 Å². The number of hydrogen-bond acceptors (Lipinski definition) is 3. The van der Waals surface area contributed by atoms with Crippen molar-refractivity contribution in [2.24, 2.45) is 5.92 Å². The number of nitrogens with zero attached hydrogens (tertiary/aromatic N) is 1. The van der Waals surface area contributed by atoms with Crippen LogP contribution in [0.1, 0.15) is 36.5 Å². The van der Waals surface area contributed by atoms with Gasteiger partial charge in [-0.2, -0.15) is 0 Å². The van der Waals surface area contributed by atoms with E-state index in [0.29, 0.717) is 18.9 Å². The van der Waals surface area contributed by atoms with Gasteiger partial charge >= 0.3 is 5.97 Å². The number of benzene rings is 1. The number of phenols is 1. The minimum atomic E-state index is -0.980. The summed E-state index contributed by atoms with van der Waals surface area (Å²) in [7, 11) is 0. The summed E-state index contributed by atoms with van der Waals surface area (Å²) in [5.74, 6) is -1.17. The number of carboxylic acids is 1. The molecule has 1 aromatic rings. The number of hydrogen-bond donors (Lipinski definition) is 2. The van der Waals surface area contributed by atoms with E-state index in [-0.39, 0.29) is 11.3 Å². The first-order valence-corrected chi connectivity index (χ1v) is 6.86. The van der Waals surface area contributed by atoms with Crippen molar-refractivity contribution in [1.82, 2.24) is 4.90 Å². The van der Waals surface area contributed by atoms with E-state index in [1.54, 1.807) is 12.1 Å². The molecule has 1 aliphatic heterocycles. The normalized spacial score (nSPS) is 22.6. The molecule has 0 radical (unpaired) electrons. The van der Waals surface area contributed by atoms with Gasteiger partial charge in [-0.15, -0.1) is 0 Å². The number of carbonyl (C=O) groups excluding carboxylic acids is 1. The van der Waals surface area contributed by atoms with Gasteiger partial charge in [-0.3, -0.25) is 4.79 Å². The number of rotatable bonds is 3. The third-order valence-corrected chi connectivity index (χ3v) is 3.97. The van der Waals surface area contributed by atoms with Gasteiger partial charge in [0.15, 0.2) is 0 Å². The van der Waals surface area contributed by atoms with Gasteiger partial charge in [0, 0.05) is 6.54 Å². The van der Waals surface area contributed by atoms with Crippen LogP contribution < -0.4 is 0 Å². The maximum Gasteiger partial charge on any atom is 0.326 e. The lowest BCUT2D eigenvalue weighted by Crippen LogP contribution is -2.50. The summed E-state index contributed by atoms with van der Waals surface area (Å²) in [6.45, 7) is 2.45. The second-order valence-corrected chi connectivity index (χ2v) is 5.17. The molecule has 5 heteroatoms. The minimum absolute atomic E-state index is 0.112. The Balaban J connectivity index is 2.24. The number of carboxylic acid groups (broad SMARTS) is 1. The topological polar surface area (TPSA) is 77.8 Å². The van der Waals surface area contributed by atoms with Crippen LogP contribution >= 0.6 is 0 Å². The average Bonchev–Trinajstić information content (AvgIpc) is 2.46. The van der Waals surface area contributed by atoms with E-state index in [2.05, 4.69) is 0 Å². The molecule has 1 aliphatic rings. The molecule has 108 valence electrons. The van der Waals surface area contributed by atoms with Crippen LogP contribution in [-0.4, -0.2) is 39.6 Å². The lowest BCUT2D eigenvalue weighted by atomic mass is 9.88. The van der Waals surface area contributed by atoms with Crippen LogP contribution in [-0.2, 0) is 4.79 Å². The molecule has 0 bridgehead atoms. The zero-order valence-corrected chi connectivity index (χ0v) is 11.5. The maximum absolute atomic E-state index is 12.4. The summed E-state index contributed by atoms with van der Waals surface area (Å²) >= 11 is 0. The quantitative estimate of drug-likeness (QED) is 0.887. The van der Waals surface area contributed by atoms with Crippen LogP contribution in [0.2, 0.25) is 0 Å². The van der Waals surface area contributed by atoms with Gasteiger partial charge in [0.25, 0.3) is 5.91 Å². The first-order valence-electron chi connectivity index (χ1n) is 6.86. The van der Waals surface area contributed by atoms with E-state index in [1.807, 2.05) is 6.92 Å². The number of piperidine rings is 1. The second kappa shape index (κ2) is 5.94. The van der Waals surface area contributed by atoms with E-state index in [9.17, 15) is 19.8 Å². The van der Waals surface area contributed by atoms with E-state index in [1.165, 1.54) is 17.0 Å². The Kier molecular flexibility index (Phi) is 4.27. The molecule has 2 N–H and O–H groups in total. The first kappa shape index (κ1) is 14.4. The van der Waals surface area contributed by atoms with Crippen LogP contribution in [0.5, 0.6) is 5.75 Å². The third-order valence-electron chi connectivity index (χ3n) is 3.97. The fraction of sp³-hybridized carbons (Fsp3) is 0.467. The van der Waals surface area contributed by atoms with Crippen LogP contribution in [0.15, 0.2) is 24.3 Å². The zero-order chi connectivity index (χ0) is 14.7. The Bertz CT molecular complexity index is 514. The lowest BCUT2D eigenvalue weighted by molar-refractivity contribution is -0.144. The molecule has 2 rings (SSSR count). The van der Waals surface area contributed by atoms with Gasteiger partial charge in [-0.05, 0) is 30.9 Å². The van der Waals surface area contributed by atoms with Crippen LogP contribution in [0, 0.1) is 5.92 Å². The predicted octanol–water partition coefficient (Wildman–Crippen LogP) is 2.11. The molecule has 20 heavy (non-hydrogen) atoms. The average molecular weight is 277 g/mol. The molecule has 0 saturated carbocycles. The molecule has 1 saturated heterocycles. The third kappa shape index (κ3) is 2.76. The Morgan fingerprint density at radius 2 is 2.05 bits per heavy atom. The largest absolute Gasteiger partial charge is 0.507 e. The van der Waals surface area contributed by atoms with Gasteiger partial charge in [0.1, 0.15) is 11.8 Å². The standard InChI is InChI=1S/C15H19NO4/c1-2-10-7-8-16(12(9-10)15(19)20)14(18)11-5-3-4-6-13(11)17/h3-6,10,12,17H,2,7-9H2,1H3,(H,19,20). The SMILES string of the molecule is CCC1CCN(C(=O)c2ccccc2O)C(C(=O)O)C1. The number of carbonyl (C=O) groups is 2. The Morgan fingerprint density at radius 1 is 1.35 bits per heavy atom. The molecule has 0 spiro atoms. The molecule has 5 nitrogen and oxygen atoms in total. The van der Waals surface area contributed by atoms with E-state index in [0.717, 1.165) is 12.8 Å². The van der Waals surface area contributed by atoms with Crippen molar-refractivity contribution in [1.29, 1.82) is 0 Å². The molecule has 1 aromatic carbocycles. The summed E-state index contributed by atoms with van der Waals surface area (Å²) in [6.07, 6.45) is 2.20. The molecule has 1 amide bonds. The van der Waals surface area contributed by atoms with Crippen molar-refractivity contribution in [2.45, 2.75) is 32.2 Å². The van der Waals surface area contributed by atoms with Gasteiger partial charge in [-0.1, -0.05) is 25.5 Å². The first-order chi connectivity index (χ1) is 9.54. The molecule has 1 fully saturated rings. The van der Waals surface area contributed by atoms with E-state index < -0.39 is 17.9 Å². The van der Waals surface area contributed by atoms with Crippen LogP contribution in [0.4, 0.5) is 0 Å². The van der Waals surface area contributed by atoms with Gasteiger partial charge < -0.3 is 15.1 Å². The highest BCUT2D eigenvalue weighted by Crippen LogP contribution is 2.28. The van der Waals surface area contributed by atoms with Crippen molar-refractivity contribution in [3.05, 3.63) is 29.8 Å². The fourth-order valence-corrected chi connectivity index (χ4v) is 2.70. The zero-order valence-electron chi connectivity index (χ0n) is 11.5. The number of amides is 1. The molecular weight excluding hydrogens is 258 g/mol. The van der Waals surface area contributed by atoms with Crippen molar-refractivity contribution in [2.75, 3.05) is 6.54 Å². The molecule has 2 atom stereocenters. The van der Waals surface area contributed by atoms with Crippen molar-refractivity contribution in [3.63, 3.8) is 0 Å². The highest BCUT2D eigenvalue weighted by Gasteiger charge is 2.36. The lowest BCUT2D eigenvalue weighted by Gasteiger charge is -2.37. The Morgan fingerprint density at radius 3 is 2.65 bits per heavy atom. The van der Waals surface area contributed by atoms with E-state index in [4.69, 9.17) is 0 Å². The van der Waals surface area contributed by atoms with Crippen molar-refractivity contribution < 1.29 is 19.8 Å². The van der Waals surface area contributed by atoms with Crippen molar-refractivity contribution >= 4 is 11.9 Å². The summed E-state index contributed by atoms with van der Waals surface area (Å²) in [5, 5.41) is 19.1. The molecule has 0 aromatic heterocycles. The highest BCUT2D eigenvalue weighted by molar-refractivity contribution is 5.98. The number of aromatic hydroxyl groups is 1. The number of aliphatic carboxylic acids is 1. The number of phenolic OH excluding ortho intramolecular Hbond substituents is 1. The van der Waals surface area contributed by atoms with Crippen LogP contribution in [0.25, 0.3) is 0 Å². The van der Waals surface area contributed by atoms with Crippen molar-refractivity contribution in [3.8, 4) is 5.75 Å².